The molecular formula is C23H29N5O3. The van der Waals surface area contributed by atoms with Gasteiger partial charge >= 0.3 is 5.69 Å². The van der Waals surface area contributed by atoms with Crippen molar-refractivity contribution in [3.63, 3.8) is 0 Å². The third kappa shape index (κ3) is 3.34. The molecule has 0 saturated carbocycles. The van der Waals surface area contributed by atoms with E-state index >= 15 is 0 Å². The van der Waals surface area contributed by atoms with Gasteiger partial charge in [-0.15, -0.1) is 0 Å². The number of aryl methyl sites for hydroxylation is 1. The van der Waals surface area contributed by atoms with E-state index in [4.69, 9.17) is 9.72 Å². The Labute approximate surface area is 181 Å². The minimum absolute atomic E-state index is 0.00869. The average molecular weight is 424 g/mol. The first-order valence-electron chi connectivity index (χ1n) is 10.9. The predicted octanol–water partition coefficient (Wildman–Crippen LogP) is 2.20. The Morgan fingerprint density at radius 2 is 2.10 bits per heavy atom. The molecule has 4 aliphatic rings. The molecule has 2 bridgehead atoms. The standard InChI is InChI=1S/C23H29N5O3/c1-23(2,3)13-28-18-8-7-17(25-19(18)26(4)22(28)30)16-11-15-6-5-14(16)12-27(15)21(29)20-24-9-10-31-20/h7-11,14-15,20,24H,5-6,12-13H2,1-4H3. The molecule has 31 heavy (non-hydrogen) atoms. The lowest BCUT2D eigenvalue weighted by atomic mass is 9.78. The van der Waals surface area contributed by atoms with Crippen LogP contribution < -0.4 is 11.0 Å². The molecule has 1 amide bonds. The summed E-state index contributed by atoms with van der Waals surface area (Å²) >= 11 is 0. The van der Waals surface area contributed by atoms with Crippen LogP contribution in [0.4, 0.5) is 0 Å². The van der Waals surface area contributed by atoms with Crippen LogP contribution in [0.5, 0.6) is 0 Å². The first-order valence-corrected chi connectivity index (χ1v) is 10.9. The Morgan fingerprint density at radius 3 is 2.74 bits per heavy atom. The van der Waals surface area contributed by atoms with Gasteiger partial charge in [-0.3, -0.25) is 13.9 Å². The second-order valence-electron chi connectivity index (χ2n) is 9.97. The van der Waals surface area contributed by atoms with E-state index in [2.05, 4.69) is 32.2 Å². The van der Waals surface area contributed by atoms with Crippen LogP contribution in [0.1, 0.15) is 39.3 Å². The Morgan fingerprint density at radius 1 is 1.29 bits per heavy atom. The van der Waals surface area contributed by atoms with Gasteiger partial charge in [0.15, 0.2) is 5.65 Å². The van der Waals surface area contributed by atoms with E-state index < -0.39 is 6.23 Å². The Balaban J connectivity index is 1.47. The maximum absolute atomic E-state index is 12.8. The van der Waals surface area contributed by atoms with Crippen LogP contribution in [0.2, 0.25) is 0 Å². The first kappa shape index (κ1) is 19.9. The molecule has 164 valence electrons. The Bertz CT molecular complexity index is 1160. The van der Waals surface area contributed by atoms with E-state index in [-0.39, 0.29) is 29.0 Å². The smallest absolute Gasteiger partial charge is 0.330 e. The highest BCUT2D eigenvalue weighted by Gasteiger charge is 2.40. The zero-order valence-corrected chi connectivity index (χ0v) is 18.5. The van der Waals surface area contributed by atoms with E-state index in [1.807, 2.05) is 21.6 Å². The van der Waals surface area contributed by atoms with Gasteiger partial charge < -0.3 is 15.0 Å². The summed E-state index contributed by atoms with van der Waals surface area (Å²) in [4.78, 5) is 32.5. The number of amides is 1. The topological polar surface area (TPSA) is 81.4 Å². The number of aromatic nitrogens is 3. The van der Waals surface area contributed by atoms with Gasteiger partial charge in [-0.05, 0) is 36.0 Å². The van der Waals surface area contributed by atoms with E-state index in [0.29, 0.717) is 18.7 Å². The minimum atomic E-state index is -0.622. The summed E-state index contributed by atoms with van der Waals surface area (Å²) < 4.78 is 8.80. The molecule has 3 unspecified atom stereocenters. The van der Waals surface area contributed by atoms with Crippen LogP contribution in [0.15, 0.2) is 35.5 Å². The molecule has 0 radical (unpaired) electrons. The summed E-state index contributed by atoms with van der Waals surface area (Å²) in [5, 5.41) is 2.94. The maximum atomic E-state index is 12.8. The zero-order valence-electron chi connectivity index (χ0n) is 18.5. The minimum Gasteiger partial charge on any atom is -0.467 e. The molecule has 1 N–H and O–H groups in total. The number of nitrogens with zero attached hydrogens (tertiary/aromatic N) is 4. The summed E-state index contributed by atoms with van der Waals surface area (Å²) in [5.41, 5.74) is 3.60. The van der Waals surface area contributed by atoms with Gasteiger partial charge in [0.2, 0.25) is 6.23 Å². The highest BCUT2D eigenvalue weighted by molar-refractivity contribution is 5.84. The molecule has 8 nitrogen and oxygen atoms in total. The van der Waals surface area contributed by atoms with Crippen LogP contribution in [0.25, 0.3) is 16.7 Å². The summed E-state index contributed by atoms with van der Waals surface area (Å²) in [7, 11) is 1.78. The summed E-state index contributed by atoms with van der Waals surface area (Å²) in [6.45, 7) is 7.68. The lowest BCUT2D eigenvalue weighted by molar-refractivity contribution is -0.144. The van der Waals surface area contributed by atoms with Gasteiger partial charge in [-0.1, -0.05) is 26.8 Å². The number of piperidine rings is 1. The Hall–Kier alpha value is -3.03. The molecule has 2 aromatic rings. The summed E-state index contributed by atoms with van der Waals surface area (Å²) in [6, 6.07) is 4.08. The largest absolute Gasteiger partial charge is 0.467 e. The van der Waals surface area contributed by atoms with Crippen molar-refractivity contribution < 1.29 is 9.53 Å². The zero-order chi connectivity index (χ0) is 21.9. The molecule has 5 heterocycles. The van der Waals surface area contributed by atoms with Gasteiger partial charge in [0, 0.05) is 32.3 Å². The molecule has 1 saturated heterocycles. The van der Waals surface area contributed by atoms with Crippen molar-refractivity contribution in [3.05, 3.63) is 46.8 Å². The third-order valence-corrected chi connectivity index (χ3v) is 6.39. The average Bonchev–Trinajstić information content (AvgIpc) is 3.36. The monoisotopic (exact) mass is 423 g/mol. The second-order valence-corrected chi connectivity index (χ2v) is 9.97. The lowest BCUT2D eigenvalue weighted by Gasteiger charge is -2.44. The number of ether oxygens (including phenoxy) is 1. The second kappa shape index (κ2) is 7.00. The van der Waals surface area contributed by atoms with Crippen molar-refractivity contribution in [2.45, 2.75) is 52.4 Å². The van der Waals surface area contributed by atoms with Crippen LogP contribution >= 0.6 is 0 Å². The number of hydrogen-bond acceptors (Lipinski definition) is 5. The van der Waals surface area contributed by atoms with Crippen LogP contribution in [-0.2, 0) is 23.1 Å². The van der Waals surface area contributed by atoms with Crippen molar-refractivity contribution in [2.75, 3.05) is 6.54 Å². The molecule has 2 aromatic heterocycles. The Kier molecular flexibility index (Phi) is 4.50. The fourth-order valence-electron chi connectivity index (χ4n) is 4.94. The van der Waals surface area contributed by atoms with E-state index in [0.717, 1.165) is 24.1 Å². The molecule has 3 atom stereocenters. The van der Waals surface area contributed by atoms with Crippen LogP contribution in [-0.4, -0.2) is 43.7 Å². The summed E-state index contributed by atoms with van der Waals surface area (Å²) in [5.74, 6) is 0.210. The third-order valence-electron chi connectivity index (χ3n) is 6.39. The predicted molar refractivity (Wildman–Crippen MR) is 118 cm³/mol. The van der Waals surface area contributed by atoms with Crippen molar-refractivity contribution in [3.8, 4) is 0 Å². The van der Waals surface area contributed by atoms with E-state index in [1.54, 1.807) is 17.8 Å². The van der Waals surface area contributed by atoms with Crippen molar-refractivity contribution in [1.82, 2.24) is 24.3 Å². The number of imidazole rings is 1. The molecule has 0 spiro atoms. The molecule has 1 fully saturated rings. The van der Waals surface area contributed by atoms with Gasteiger partial charge in [-0.25, -0.2) is 9.78 Å². The van der Waals surface area contributed by atoms with Crippen molar-refractivity contribution >= 4 is 22.6 Å². The number of hydrogen-bond donors (Lipinski definition) is 1. The number of fused-ring (bicyclic) bond motifs is 3. The fourth-order valence-corrected chi connectivity index (χ4v) is 4.94. The van der Waals surface area contributed by atoms with Crippen molar-refractivity contribution in [2.24, 2.45) is 18.4 Å². The quantitative estimate of drug-likeness (QED) is 0.819. The lowest BCUT2D eigenvalue weighted by Crippen LogP contribution is -2.54. The fraction of sp³-hybridized carbons (Fsp3) is 0.522. The number of rotatable bonds is 3. The van der Waals surface area contributed by atoms with Gasteiger partial charge in [0.1, 0.15) is 6.26 Å². The maximum Gasteiger partial charge on any atom is 0.330 e. The van der Waals surface area contributed by atoms with Gasteiger partial charge in [0.25, 0.3) is 5.91 Å². The van der Waals surface area contributed by atoms with Crippen molar-refractivity contribution in [1.29, 1.82) is 0 Å². The molecule has 3 aliphatic heterocycles. The van der Waals surface area contributed by atoms with Gasteiger partial charge in [0.05, 0.1) is 17.3 Å². The number of pyridine rings is 1. The van der Waals surface area contributed by atoms with E-state index in [9.17, 15) is 9.59 Å². The van der Waals surface area contributed by atoms with Gasteiger partial charge in [-0.2, -0.15) is 0 Å². The molecular weight excluding hydrogens is 394 g/mol. The van der Waals surface area contributed by atoms with Crippen LogP contribution in [0, 0.1) is 11.3 Å². The van der Waals surface area contributed by atoms with Crippen LogP contribution in [0.3, 0.4) is 0 Å². The SMILES string of the molecule is Cn1c(=O)n(CC(C)(C)C)c2ccc(C3=CC4CCC3CN4C(=O)C3NC=CO3)nc21. The first-order chi connectivity index (χ1) is 14.7. The molecule has 1 aliphatic carbocycles. The number of carbonyl (C=O) groups is 1. The molecule has 8 heteroatoms. The molecule has 0 aromatic carbocycles. The van der Waals surface area contributed by atoms with E-state index in [1.165, 1.54) is 11.8 Å². The number of nitrogens with one attached hydrogen (secondary N) is 1. The highest BCUT2D eigenvalue weighted by Crippen LogP contribution is 2.40. The highest BCUT2D eigenvalue weighted by atomic mass is 16.5. The number of carbonyl (C=O) groups excluding carboxylic acids is 1. The summed E-state index contributed by atoms with van der Waals surface area (Å²) in [6.07, 6.45) is 6.70. The normalized spacial score (nSPS) is 25.0. The molecule has 6 rings (SSSR count).